The number of ether oxygens (including phenoxy) is 1. The molecule has 1 fully saturated rings. The molecule has 14 heavy (non-hydrogen) atoms. The fourth-order valence-corrected chi connectivity index (χ4v) is 1.99. The van der Waals surface area contributed by atoms with Crippen LogP contribution in [-0.2, 0) is 10.2 Å². The molecule has 1 aromatic rings. The van der Waals surface area contributed by atoms with Crippen LogP contribution < -0.4 is 0 Å². The Labute approximate surface area is 86.1 Å². The van der Waals surface area contributed by atoms with Crippen LogP contribution >= 0.6 is 0 Å². The molecule has 0 saturated heterocycles. The Kier molecular flexibility index (Phi) is 2.87. The number of hydrogen-bond donors (Lipinski definition) is 0. The first-order chi connectivity index (χ1) is 6.87. The zero-order chi connectivity index (χ0) is 9.86. The van der Waals surface area contributed by atoms with Gasteiger partial charge in [-0.3, -0.25) is 0 Å². The molecule has 1 heteroatoms. The Balaban J connectivity index is 1.96. The predicted octanol–water partition coefficient (Wildman–Crippen LogP) is 2.94. The first-order valence-corrected chi connectivity index (χ1v) is 5.42. The van der Waals surface area contributed by atoms with Crippen LogP contribution in [0.15, 0.2) is 24.3 Å². The van der Waals surface area contributed by atoms with Gasteiger partial charge >= 0.3 is 0 Å². The molecule has 0 bridgehead atoms. The van der Waals surface area contributed by atoms with Crippen LogP contribution in [0.2, 0.25) is 0 Å². The minimum atomic E-state index is 0.449. The van der Waals surface area contributed by atoms with Crippen molar-refractivity contribution in [2.45, 2.75) is 31.6 Å². The van der Waals surface area contributed by atoms with Crippen LogP contribution in [-0.4, -0.2) is 13.2 Å². The average Bonchev–Trinajstić information content (AvgIpc) is 3.01. The van der Waals surface area contributed by atoms with Crippen molar-refractivity contribution in [3.63, 3.8) is 0 Å². The molecule has 1 radical (unpaired) electrons. The third-order valence-corrected chi connectivity index (χ3v) is 3.11. The summed E-state index contributed by atoms with van der Waals surface area (Å²) in [5.74, 6) is 0. The van der Waals surface area contributed by atoms with Crippen LogP contribution in [0.5, 0.6) is 0 Å². The SMILES string of the molecule is CCOCCC1(c2cc[c]cc2)CC1. The van der Waals surface area contributed by atoms with Gasteiger partial charge < -0.3 is 4.74 Å². The largest absolute Gasteiger partial charge is 0.382 e. The zero-order valence-electron chi connectivity index (χ0n) is 8.75. The van der Waals surface area contributed by atoms with Gasteiger partial charge in [0.1, 0.15) is 0 Å². The monoisotopic (exact) mass is 189 g/mol. The van der Waals surface area contributed by atoms with E-state index in [0.717, 1.165) is 13.2 Å². The van der Waals surface area contributed by atoms with Crippen LogP contribution in [0.1, 0.15) is 31.7 Å². The molecule has 1 aliphatic rings. The molecule has 1 aromatic carbocycles. The smallest absolute Gasteiger partial charge is 0.0474 e. The second-order valence-corrected chi connectivity index (χ2v) is 4.02. The molecule has 0 amide bonds. The summed E-state index contributed by atoms with van der Waals surface area (Å²) in [7, 11) is 0. The lowest BCUT2D eigenvalue weighted by molar-refractivity contribution is 0.137. The van der Waals surface area contributed by atoms with Crippen LogP contribution in [0.4, 0.5) is 0 Å². The molecule has 75 valence electrons. The third kappa shape index (κ3) is 1.98. The summed E-state index contributed by atoms with van der Waals surface area (Å²) < 4.78 is 5.42. The quantitative estimate of drug-likeness (QED) is 0.647. The Bertz CT molecular complexity index is 275. The van der Waals surface area contributed by atoms with E-state index in [2.05, 4.69) is 25.1 Å². The van der Waals surface area contributed by atoms with Gasteiger partial charge in [-0.25, -0.2) is 0 Å². The van der Waals surface area contributed by atoms with Gasteiger partial charge in [0, 0.05) is 13.2 Å². The molecule has 1 aliphatic carbocycles. The molecular formula is C13H17O. The van der Waals surface area contributed by atoms with Crippen molar-refractivity contribution in [2.75, 3.05) is 13.2 Å². The number of hydrogen-bond acceptors (Lipinski definition) is 1. The average molecular weight is 189 g/mol. The van der Waals surface area contributed by atoms with Crippen LogP contribution in [0.25, 0.3) is 0 Å². The van der Waals surface area contributed by atoms with Gasteiger partial charge in [-0.1, -0.05) is 24.3 Å². The van der Waals surface area contributed by atoms with Crippen molar-refractivity contribution in [2.24, 2.45) is 0 Å². The van der Waals surface area contributed by atoms with Gasteiger partial charge in [-0.2, -0.15) is 0 Å². The first kappa shape index (κ1) is 9.72. The summed E-state index contributed by atoms with van der Waals surface area (Å²) in [5.41, 5.74) is 1.92. The van der Waals surface area contributed by atoms with E-state index < -0.39 is 0 Å². The lowest BCUT2D eigenvalue weighted by Gasteiger charge is -2.14. The summed E-state index contributed by atoms with van der Waals surface area (Å²) in [4.78, 5) is 0. The van der Waals surface area contributed by atoms with E-state index in [9.17, 15) is 0 Å². The van der Waals surface area contributed by atoms with Gasteiger partial charge in [-0.05, 0) is 43.2 Å². The van der Waals surface area contributed by atoms with Crippen molar-refractivity contribution >= 4 is 0 Å². The highest BCUT2D eigenvalue weighted by Crippen LogP contribution is 2.50. The van der Waals surface area contributed by atoms with Crippen LogP contribution in [0.3, 0.4) is 0 Å². The summed E-state index contributed by atoms with van der Waals surface area (Å²) in [6, 6.07) is 11.5. The minimum Gasteiger partial charge on any atom is -0.382 e. The van der Waals surface area contributed by atoms with E-state index in [4.69, 9.17) is 4.74 Å². The fraction of sp³-hybridized carbons (Fsp3) is 0.538. The summed E-state index contributed by atoms with van der Waals surface area (Å²) in [6.07, 6.45) is 3.82. The van der Waals surface area contributed by atoms with Crippen molar-refractivity contribution < 1.29 is 4.74 Å². The Morgan fingerprint density at radius 3 is 2.64 bits per heavy atom. The molecule has 0 atom stereocenters. The highest BCUT2D eigenvalue weighted by atomic mass is 16.5. The van der Waals surface area contributed by atoms with Crippen molar-refractivity contribution in [1.29, 1.82) is 0 Å². The van der Waals surface area contributed by atoms with Crippen molar-refractivity contribution in [1.82, 2.24) is 0 Å². The topological polar surface area (TPSA) is 9.23 Å². The maximum absolute atomic E-state index is 5.42. The third-order valence-electron chi connectivity index (χ3n) is 3.11. The maximum atomic E-state index is 5.42. The van der Waals surface area contributed by atoms with E-state index in [0.29, 0.717) is 5.41 Å². The van der Waals surface area contributed by atoms with E-state index in [-0.39, 0.29) is 0 Å². The first-order valence-electron chi connectivity index (χ1n) is 5.42. The Morgan fingerprint density at radius 2 is 2.07 bits per heavy atom. The Hall–Kier alpha value is -0.820. The minimum absolute atomic E-state index is 0.449. The molecule has 1 nitrogen and oxygen atoms in total. The maximum Gasteiger partial charge on any atom is 0.0474 e. The molecule has 0 aromatic heterocycles. The predicted molar refractivity (Wildman–Crippen MR) is 57.3 cm³/mol. The molecule has 1 saturated carbocycles. The Morgan fingerprint density at radius 1 is 1.36 bits per heavy atom. The van der Waals surface area contributed by atoms with Gasteiger partial charge in [0.2, 0.25) is 0 Å². The molecule has 0 aliphatic heterocycles. The van der Waals surface area contributed by atoms with E-state index in [1.165, 1.54) is 24.8 Å². The highest BCUT2D eigenvalue weighted by molar-refractivity contribution is 5.30. The second-order valence-electron chi connectivity index (χ2n) is 4.02. The highest BCUT2D eigenvalue weighted by Gasteiger charge is 2.43. The number of benzene rings is 1. The standard InChI is InChI=1S/C13H17O/c1-2-14-11-10-13(8-9-13)12-6-4-3-5-7-12/h4-7H,2,8-11H2,1H3. The van der Waals surface area contributed by atoms with Crippen molar-refractivity contribution in [3.8, 4) is 0 Å². The molecule has 0 heterocycles. The van der Waals surface area contributed by atoms with Crippen LogP contribution in [0, 0.1) is 6.07 Å². The molecule has 0 N–H and O–H groups in total. The fourth-order valence-electron chi connectivity index (χ4n) is 1.99. The molecule has 0 spiro atoms. The summed E-state index contributed by atoms with van der Waals surface area (Å²) in [5, 5.41) is 0. The summed E-state index contributed by atoms with van der Waals surface area (Å²) in [6.45, 7) is 3.78. The normalized spacial score (nSPS) is 18.1. The lowest BCUT2D eigenvalue weighted by atomic mass is 9.93. The van der Waals surface area contributed by atoms with Gasteiger partial charge in [0.05, 0.1) is 0 Å². The number of rotatable bonds is 5. The molecule has 2 rings (SSSR count). The van der Waals surface area contributed by atoms with Gasteiger partial charge in [-0.15, -0.1) is 0 Å². The molecular weight excluding hydrogens is 172 g/mol. The van der Waals surface area contributed by atoms with Crippen molar-refractivity contribution in [3.05, 3.63) is 35.9 Å². The van der Waals surface area contributed by atoms with Gasteiger partial charge in [0.15, 0.2) is 0 Å². The van der Waals surface area contributed by atoms with Gasteiger partial charge in [0.25, 0.3) is 0 Å². The second kappa shape index (κ2) is 4.14. The lowest BCUT2D eigenvalue weighted by Crippen LogP contribution is -2.10. The van der Waals surface area contributed by atoms with E-state index >= 15 is 0 Å². The zero-order valence-corrected chi connectivity index (χ0v) is 8.75. The summed E-state index contributed by atoms with van der Waals surface area (Å²) >= 11 is 0. The van der Waals surface area contributed by atoms with E-state index in [1.54, 1.807) is 0 Å². The van der Waals surface area contributed by atoms with E-state index in [1.807, 2.05) is 12.1 Å². The molecule has 0 unspecified atom stereocenters.